The van der Waals surface area contributed by atoms with Crippen molar-refractivity contribution in [1.29, 1.82) is 0 Å². The lowest BCUT2D eigenvalue weighted by atomic mass is 9.98. The number of nitrogens with zero attached hydrogens (tertiary/aromatic N) is 3. The smallest absolute Gasteiger partial charge is 0.123 e. The minimum absolute atomic E-state index is 0.389. The van der Waals surface area contributed by atoms with Gasteiger partial charge in [0.1, 0.15) is 5.82 Å². The molecule has 2 heterocycles. The minimum atomic E-state index is 0.389. The lowest BCUT2D eigenvalue weighted by Gasteiger charge is -2.29. The van der Waals surface area contributed by atoms with Crippen molar-refractivity contribution >= 4 is 0 Å². The van der Waals surface area contributed by atoms with Gasteiger partial charge in [0.05, 0.1) is 6.54 Å². The van der Waals surface area contributed by atoms with Gasteiger partial charge in [-0.3, -0.25) is 10.3 Å². The Morgan fingerprint density at radius 3 is 2.79 bits per heavy atom. The molecule has 1 saturated carbocycles. The number of aromatic nitrogens is 2. The second kappa shape index (κ2) is 6.67. The van der Waals surface area contributed by atoms with Crippen molar-refractivity contribution < 1.29 is 0 Å². The van der Waals surface area contributed by atoms with Crippen molar-refractivity contribution in [3.63, 3.8) is 0 Å². The zero-order valence-electron chi connectivity index (χ0n) is 14.5. The lowest BCUT2D eigenvalue weighted by molar-refractivity contribution is 0.198. The molecule has 4 rings (SSSR count). The Balaban J connectivity index is 1.37. The molecule has 3 atom stereocenters. The van der Waals surface area contributed by atoms with Crippen molar-refractivity contribution in [2.75, 3.05) is 7.05 Å². The molecule has 24 heavy (non-hydrogen) atoms. The standard InChI is InChI=1S/C19H27N5/c1-14(17-12-18(22-21-17)15-6-4-3-5-7-15)23(2)13-19-20-10-11-24(19)16-8-9-16/h3-7,10-11,14,16-18,21-22H,8-9,12-13H2,1-2H3. The van der Waals surface area contributed by atoms with E-state index in [1.54, 1.807) is 0 Å². The molecule has 0 spiro atoms. The van der Waals surface area contributed by atoms with E-state index >= 15 is 0 Å². The zero-order chi connectivity index (χ0) is 16.5. The zero-order valence-corrected chi connectivity index (χ0v) is 14.5. The first-order valence-corrected chi connectivity index (χ1v) is 9.00. The number of hydrazine groups is 1. The highest BCUT2D eigenvalue weighted by molar-refractivity contribution is 5.20. The third-order valence-electron chi connectivity index (χ3n) is 5.49. The lowest BCUT2D eigenvalue weighted by Crippen LogP contribution is -2.46. The molecular formula is C19H27N5. The molecule has 1 aliphatic heterocycles. The Bertz CT molecular complexity index is 663. The van der Waals surface area contributed by atoms with Crippen LogP contribution in [0.15, 0.2) is 42.7 Å². The number of hydrogen-bond donors (Lipinski definition) is 2. The Hall–Kier alpha value is -1.69. The van der Waals surface area contributed by atoms with Crippen molar-refractivity contribution in [3.8, 4) is 0 Å². The molecule has 0 bridgehead atoms. The molecule has 0 amide bonds. The summed E-state index contributed by atoms with van der Waals surface area (Å²) in [6.07, 6.45) is 7.77. The van der Waals surface area contributed by atoms with E-state index in [1.807, 2.05) is 6.20 Å². The maximum atomic E-state index is 4.57. The van der Waals surface area contributed by atoms with Gasteiger partial charge in [-0.05, 0) is 38.8 Å². The summed E-state index contributed by atoms with van der Waals surface area (Å²) in [6.45, 7) is 3.20. The molecule has 128 valence electrons. The molecular weight excluding hydrogens is 298 g/mol. The molecule has 5 nitrogen and oxygen atoms in total. The van der Waals surface area contributed by atoms with E-state index in [2.05, 4.69) is 75.8 Å². The van der Waals surface area contributed by atoms with E-state index in [1.165, 1.54) is 24.2 Å². The topological polar surface area (TPSA) is 45.1 Å². The molecule has 0 radical (unpaired) electrons. The van der Waals surface area contributed by atoms with Gasteiger partial charge in [0.25, 0.3) is 0 Å². The van der Waals surface area contributed by atoms with Crippen LogP contribution in [-0.4, -0.2) is 33.6 Å². The van der Waals surface area contributed by atoms with Gasteiger partial charge in [-0.15, -0.1) is 0 Å². The highest BCUT2D eigenvalue weighted by atomic mass is 15.4. The van der Waals surface area contributed by atoms with Gasteiger partial charge < -0.3 is 4.57 Å². The predicted octanol–water partition coefficient (Wildman–Crippen LogP) is 2.65. The molecule has 1 aromatic heterocycles. The molecule has 1 aliphatic carbocycles. The van der Waals surface area contributed by atoms with Crippen LogP contribution in [0.3, 0.4) is 0 Å². The van der Waals surface area contributed by atoms with E-state index in [0.717, 1.165) is 13.0 Å². The average molecular weight is 325 g/mol. The summed E-state index contributed by atoms with van der Waals surface area (Å²) in [5.41, 5.74) is 8.31. The van der Waals surface area contributed by atoms with E-state index in [4.69, 9.17) is 0 Å². The molecule has 2 fully saturated rings. The van der Waals surface area contributed by atoms with E-state index in [0.29, 0.717) is 24.2 Å². The Labute approximate surface area is 144 Å². The molecule has 2 aliphatic rings. The number of imidazole rings is 1. The van der Waals surface area contributed by atoms with Crippen LogP contribution in [0.25, 0.3) is 0 Å². The van der Waals surface area contributed by atoms with Gasteiger partial charge in [-0.1, -0.05) is 30.3 Å². The van der Waals surface area contributed by atoms with Crippen LogP contribution in [0.2, 0.25) is 0 Å². The van der Waals surface area contributed by atoms with Crippen LogP contribution >= 0.6 is 0 Å². The maximum Gasteiger partial charge on any atom is 0.123 e. The van der Waals surface area contributed by atoms with Crippen LogP contribution < -0.4 is 10.9 Å². The summed E-state index contributed by atoms with van der Waals surface area (Å²) in [5.74, 6) is 1.19. The van der Waals surface area contributed by atoms with Gasteiger partial charge in [-0.25, -0.2) is 10.4 Å². The fourth-order valence-electron chi connectivity index (χ4n) is 3.63. The van der Waals surface area contributed by atoms with Crippen LogP contribution in [-0.2, 0) is 6.54 Å². The number of hydrogen-bond acceptors (Lipinski definition) is 4. The fraction of sp³-hybridized carbons (Fsp3) is 0.526. The quantitative estimate of drug-likeness (QED) is 0.857. The summed E-state index contributed by atoms with van der Waals surface area (Å²) in [5, 5.41) is 0. The van der Waals surface area contributed by atoms with Gasteiger partial charge in [0.15, 0.2) is 0 Å². The normalized spacial score (nSPS) is 25.3. The first kappa shape index (κ1) is 15.8. The Morgan fingerprint density at radius 2 is 2.04 bits per heavy atom. The molecule has 1 aromatic carbocycles. The Kier molecular flexibility index (Phi) is 4.39. The van der Waals surface area contributed by atoms with E-state index < -0.39 is 0 Å². The van der Waals surface area contributed by atoms with Crippen molar-refractivity contribution in [2.45, 2.75) is 56.9 Å². The van der Waals surface area contributed by atoms with E-state index in [-0.39, 0.29) is 0 Å². The minimum Gasteiger partial charge on any atom is -0.331 e. The van der Waals surface area contributed by atoms with Crippen molar-refractivity contribution in [1.82, 2.24) is 25.3 Å². The first-order chi connectivity index (χ1) is 11.7. The summed E-state index contributed by atoms with van der Waals surface area (Å²) in [6, 6.07) is 12.6. The second-order valence-corrected chi connectivity index (χ2v) is 7.23. The molecule has 1 saturated heterocycles. The van der Waals surface area contributed by atoms with Gasteiger partial charge in [0, 0.05) is 36.6 Å². The highest BCUT2D eigenvalue weighted by Crippen LogP contribution is 2.35. The van der Waals surface area contributed by atoms with Crippen molar-refractivity contribution in [2.24, 2.45) is 0 Å². The molecule has 5 heteroatoms. The van der Waals surface area contributed by atoms with Crippen LogP contribution in [0, 0.1) is 0 Å². The van der Waals surface area contributed by atoms with Crippen LogP contribution in [0.1, 0.15) is 49.7 Å². The average Bonchev–Trinajstić information content (AvgIpc) is 3.15. The number of benzene rings is 1. The number of rotatable bonds is 6. The van der Waals surface area contributed by atoms with Gasteiger partial charge >= 0.3 is 0 Å². The summed E-state index contributed by atoms with van der Waals surface area (Å²) in [7, 11) is 2.20. The third-order valence-corrected chi connectivity index (χ3v) is 5.49. The summed E-state index contributed by atoms with van der Waals surface area (Å²) >= 11 is 0. The number of nitrogens with one attached hydrogen (secondary N) is 2. The largest absolute Gasteiger partial charge is 0.331 e. The molecule has 2 aromatic rings. The Morgan fingerprint density at radius 1 is 1.25 bits per heavy atom. The summed E-state index contributed by atoms with van der Waals surface area (Å²) in [4.78, 5) is 6.98. The first-order valence-electron chi connectivity index (χ1n) is 9.00. The number of likely N-dealkylation sites (N-methyl/N-ethyl adjacent to an activating group) is 1. The van der Waals surface area contributed by atoms with Gasteiger partial charge in [0.2, 0.25) is 0 Å². The van der Waals surface area contributed by atoms with Crippen LogP contribution in [0.4, 0.5) is 0 Å². The summed E-state index contributed by atoms with van der Waals surface area (Å²) < 4.78 is 2.36. The van der Waals surface area contributed by atoms with E-state index in [9.17, 15) is 0 Å². The monoisotopic (exact) mass is 325 g/mol. The predicted molar refractivity (Wildman–Crippen MR) is 95.3 cm³/mol. The maximum absolute atomic E-state index is 4.57. The third kappa shape index (κ3) is 3.24. The second-order valence-electron chi connectivity index (χ2n) is 7.23. The SMILES string of the molecule is CC(C1CC(c2ccccc2)NN1)N(C)Cc1nccn1C1CC1. The molecule has 2 N–H and O–H groups in total. The van der Waals surface area contributed by atoms with Crippen LogP contribution in [0.5, 0.6) is 0 Å². The molecule has 3 unspecified atom stereocenters. The fourth-order valence-corrected chi connectivity index (χ4v) is 3.63. The van der Waals surface area contributed by atoms with Gasteiger partial charge in [-0.2, -0.15) is 0 Å². The highest BCUT2D eigenvalue weighted by Gasteiger charge is 2.32. The van der Waals surface area contributed by atoms with Crippen molar-refractivity contribution in [3.05, 3.63) is 54.1 Å².